The summed E-state index contributed by atoms with van der Waals surface area (Å²) in [5.41, 5.74) is 0.756. The van der Waals surface area contributed by atoms with Gasteiger partial charge in [-0.25, -0.2) is 4.98 Å². The van der Waals surface area contributed by atoms with E-state index in [1.54, 1.807) is 13.2 Å². The fourth-order valence-electron chi connectivity index (χ4n) is 2.12. The van der Waals surface area contributed by atoms with Crippen LogP contribution in [-0.4, -0.2) is 23.9 Å². The third-order valence-electron chi connectivity index (χ3n) is 2.89. The van der Waals surface area contributed by atoms with E-state index < -0.39 is 0 Å². The van der Waals surface area contributed by atoms with Crippen LogP contribution in [0.3, 0.4) is 0 Å². The predicted octanol–water partition coefficient (Wildman–Crippen LogP) is 1.35. The van der Waals surface area contributed by atoms with Crippen molar-refractivity contribution in [1.29, 1.82) is 0 Å². The van der Waals surface area contributed by atoms with Gasteiger partial charge in [-0.2, -0.15) is 0 Å². The Morgan fingerprint density at radius 1 is 1.69 bits per heavy atom. The van der Waals surface area contributed by atoms with Gasteiger partial charge < -0.3 is 9.73 Å². The molecular formula is C12H18N2O2. The van der Waals surface area contributed by atoms with Crippen molar-refractivity contribution >= 4 is 5.78 Å². The quantitative estimate of drug-likeness (QED) is 0.835. The number of carbonyl (C=O) groups is 1. The molecule has 1 fully saturated rings. The molecule has 1 saturated heterocycles. The van der Waals surface area contributed by atoms with Gasteiger partial charge in [-0.15, -0.1) is 0 Å². The van der Waals surface area contributed by atoms with E-state index in [4.69, 9.17) is 4.42 Å². The van der Waals surface area contributed by atoms with E-state index in [1.165, 1.54) is 12.8 Å². The molecule has 0 radical (unpaired) electrons. The summed E-state index contributed by atoms with van der Waals surface area (Å²) in [5, 5.41) is 3.37. The number of oxazole rings is 1. The van der Waals surface area contributed by atoms with E-state index in [9.17, 15) is 4.79 Å². The molecular weight excluding hydrogens is 204 g/mol. The van der Waals surface area contributed by atoms with Crippen LogP contribution in [0.2, 0.25) is 0 Å². The molecule has 1 aliphatic heterocycles. The van der Waals surface area contributed by atoms with Crippen molar-refractivity contribution < 1.29 is 9.21 Å². The molecule has 0 aromatic carbocycles. The van der Waals surface area contributed by atoms with Gasteiger partial charge in [0.05, 0.1) is 12.1 Å². The maximum Gasteiger partial charge on any atom is 0.194 e. The van der Waals surface area contributed by atoms with Crippen molar-refractivity contribution in [2.75, 3.05) is 13.1 Å². The van der Waals surface area contributed by atoms with Crippen molar-refractivity contribution in [2.24, 2.45) is 5.92 Å². The third-order valence-corrected chi connectivity index (χ3v) is 2.89. The number of hydrogen-bond acceptors (Lipinski definition) is 4. The Morgan fingerprint density at radius 2 is 2.56 bits per heavy atom. The van der Waals surface area contributed by atoms with Crippen molar-refractivity contribution in [3.63, 3.8) is 0 Å². The molecule has 1 atom stereocenters. The highest BCUT2D eigenvalue weighted by atomic mass is 16.3. The fraction of sp³-hybridized carbons (Fsp3) is 0.667. The average Bonchev–Trinajstić information content (AvgIpc) is 2.66. The second kappa shape index (κ2) is 5.25. The SMILES string of the molecule is CC(=O)Cc1coc(CC2CCCNC2)n1. The van der Waals surface area contributed by atoms with Crippen molar-refractivity contribution in [3.05, 3.63) is 17.8 Å². The number of hydrogen-bond donors (Lipinski definition) is 1. The van der Waals surface area contributed by atoms with Gasteiger partial charge in [0.25, 0.3) is 0 Å². The third kappa shape index (κ3) is 3.17. The molecule has 0 amide bonds. The molecule has 0 bridgehead atoms. The van der Waals surface area contributed by atoms with E-state index in [0.29, 0.717) is 12.3 Å². The van der Waals surface area contributed by atoms with Crippen LogP contribution in [0.15, 0.2) is 10.7 Å². The van der Waals surface area contributed by atoms with Crippen LogP contribution in [0.5, 0.6) is 0 Å². The van der Waals surface area contributed by atoms with Crippen molar-refractivity contribution in [2.45, 2.75) is 32.6 Å². The van der Waals surface area contributed by atoms with E-state index in [-0.39, 0.29) is 5.78 Å². The van der Waals surface area contributed by atoms with E-state index in [0.717, 1.165) is 31.1 Å². The summed E-state index contributed by atoms with van der Waals surface area (Å²) >= 11 is 0. The molecule has 4 heteroatoms. The number of rotatable bonds is 4. The number of nitrogens with one attached hydrogen (secondary N) is 1. The Bertz CT molecular complexity index is 354. The predicted molar refractivity (Wildman–Crippen MR) is 60.2 cm³/mol. The zero-order chi connectivity index (χ0) is 11.4. The van der Waals surface area contributed by atoms with Gasteiger partial charge in [-0.1, -0.05) is 0 Å². The largest absolute Gasteiger partial charge is 0.449 e. The number of ketones is 1. The van der Waals surface area contributed by atoms with Crippen LogP contribution < -0.4 is 5.32 Å². The van der Waals surface area contributed by atoms with E-state index in [2.05, 4.69) is 10.3 Å². The number of piperidine rings is 1. The summed E-state index contributed by atoms with van der Waals surface area (Å²) in [5.74, 6) is 1.52. The highest BCUT2D eigenvalue weighted by molar-refractivity contribution is 5.77. The summed E-state index contributed by atoms with van der Waals surface area (Å²) in [4.78, 5) is 15.2. The van der Waals surface area contributed by atoms with Gasteiger partial charge in [0.15, 0.2) is 5.89 Å². The van der Waals surface area contributed by atoms with Crippen LogP contribution in [-0.2, 0) is 17.6 Å². The van der Waals surface area contributed by atoms with Gasteiger partial charge in [0, 0.05) is 6.42 Å². The summed E-state index contributed by atoms with van der Waals surface area (Å²) in [6.07, 6.45) is 5.33. The second-order valence-electron chi connectivity index (χ2n) is 4.53. The molecule has 4 nitrogen and oxygen atoms in total. The van der Waals surface area contributed by atoms with E-state index in [1.807, 2.05) is 0 Å². The molecule has 2 rings (SSSR count). The minimum absolute atomic E-state index is 0.124. The number of aromatic nitrogens is 1. The van der Waals surface area contributed by atoms with Gasteiger partial charge in [0.1, 0.15) is 12.0 Å². The summed E-state index contributed by atoms with van der Waals surface area (Å²) in [6.45, 7) is 3.74. The highest BCUT2D eigenvalue weighted by Crippen LogP contribution is 2.16. The Morgan fingerprint density at radius 3 is 3.25 bits per heavy atom. The molecule has 16 heavy (non-hydrogen) atoms. The number of carbonyl (C=O) groups excluding carboxylic acids is 1. The van der Waals surface area contributed by atoms with Crippen molar-refractivity contribution in [3.8, 4) is 0 Å². The normalized spacial score (nSPS) is 20.9. The Balaban J connectivity index is 1.88. The highest BCUT2D eigenvalue weighted by Gasteiger charge is 2.16. The molecule has 1 unspecified atom stereocenters. The molecule has 1 aromatic heterocycles. The lowest BCUT2D eigenvalue weighted by atomic mass is 9.96. The summed E-state index contributed by atoms with van der Waals surface area (Å²) in [7, 11) is 0. The molecule has 1 aliphatic rings. The van der Waals surface area contributed by atoms with E-state index >= 15 is 0 Å². The summed E-state index contributed by atoms with van der Waals surface area (Å²) < 4.78 is 5.38. The lowest BCUT2D eigenvalue weighted by Gasteiger charge is -2.21. The zero-order valence-corrected chi connectivity index (χ0v) is 9.66. The topological polar surface area (TPSA) is 55.1 Å². The van der Waals surface area contributed by atoms with Crippen LogP contribution in [0.1, 0.15) is 31.4 Å². The molecule has 0 spiro atoms. The number of Topliss-reactive ketones (excluding diaryl/α,β-unsaturated/α-hetero) is 1. The Kier molecular flexibility index (Phi) is 3.72. The van der Waals surface area contributed by atoms with Gasteiger partial charge in [0.2, 0.25) is 0 Å². The smallest absolute Gasteiger partial charge is 0.194 e. The first-order valence-corrected chi connectivity index (χ1v) is 5.87. The first-order chi connectivity index (χ1) is 7.74. The second-order valence-corrected chi connectivity index (χ2v) is 4.53. The monoisotopic (exact) mass is 222 g/mol. The first-order valence-electron chi connectivity index (χ1n) is 5.87. The minimum Gasteiger partial charge on any atom is -0.449 e. The van der Waals surface area contributed by atoms with Gasteiger partial charge >= 0.3 is 0 Å². The van der Waals surface area contributed by atoms with Crippen LogP contribution in [0.25, 0.3) is 0 Å². The average molecular weight is 222 g/mol. The van der Waals surface area contributed by atoms with Crippen LogP contribution in [0, 0.1) is 5.92 Å². The standard InChI is InChI=1S/C12H18N2O2/c1-9(15)5-11-8-16-12(14-11)6-10-3-2-4-13-7-10/h8,10,13H,2-7H2,1H3. The van der Waals surface area contributed by atoms with Crippen molar-refractivity contribution in [1.82, 2.24) is 10.3 Å². The lowest BCUT2D eigenvalue weighted by Crippen LogP contribution is -2.30. The van der Waals surface area contributed by atoms with Gasteiger partial charge in [-0.05, 0) is 38.8 Å². The van der Waals surface area contributed by atoms with Gasteiger partial charge in [-0.3, -0.25) is 4.79 Å². The maximum atomic E-state index is 10.9. The molecule has 0 saturated carbocycles. The molecule has 2 heterocycles. The maximum absolute atomic E-state index is 10.9. The Hall–Kier alpha value is -1.16. The zero-order valence-electron chi connectivity index (χ0n) is 9.66. The molecule has 88 valence electrons. The molecule has 0 aliphatic carbocycles. The first kappa shape index (κ1) is 11.3. The molecule has 1 N–H and O–H groups in total. The Labute approximate surface area is 95.4 Å². The number of nitrogens with zero attached hydrogens (tertiary/aromatic N) is 1. The lowest BCUT2D eigenvalue weighted by molar-refractivity contribution is -0.116. The fourth-order valence-corrected chi connectivity index (χ4v) is 2.12. The van der Waals surface area contributed by atoms with Crippen LogP contribution >= 0.6 is 0 Å². The minimum atomic E-state index is 0.124. The summed E-state index contributed by atoms with van der Waals surface area (Å²) in [6, 6.07) is 0. The molecule has 1 aromatic rings. The van der Waals surface area contributed by atoms with Crippen LogP contribution in [0.4, 0.5) is 0 Å².